The lowest BCUT2D eigenvalue weighted by molar-refractivity contribution is 0.454. The topological polar surface area (TPSA) is 50.3 Å². The molecule has 0 N–H and O–H groups in total. The molecule has 0 amide bonds. The van der Waals surface area contributed by atoms with Gasteiger partial charge in [-0.05, 0) is 24.3 Å². The number of benzene rings is 1. The molecular formula is C15H9ClFN3O. The number of halogens is 2. The zero-order chi connectivity index (χ0) is 14.8. The molecule has 0 aliphatic rings. The van der Waals surface area contributed by atoms with Crippen molar-refractivity contribution in [3.63, 3.8) is 0 Å². The molecule has 21 heavy (non-hydrogen) atoms. The summed E-state index contributed by atoms with van der Waals surface area (Å²) in [6, 6.07) is 11.5. The molecule has 0 radical (unpaired) electrons. The largest absolute Gasteiger partial charge is 0.436 e. The van der Waals surface area contributed by atoms with Crippen molar-refractivity contribution in [2.45, 2.75) is 5.88 Å². The maximum absolute atomic E-state index is 13.6. The van der Waals surface area contributed by atoms with Crippen molar-refractivity contribution in [2.24, 2.45) is 0 Å². The molecule has 0 fully saturated rings. The zero-order valence-corrected chi connectivity index (χ0v) is 11.5. The number of imidazole rings is 1. The molecular weight excluding hydrogens is 293 g/mol. The lowest BCUT2D eigenvalue weighted by Gasteiger charge is -2.06. The SMILES string of the molecule is N#Cc1c(F)cccc1Oc1nc2ccccn2c1CCl. The van der Waals surface area contributed by atoms with Gasteiger partial charge in [0.15, 0.2) is 0 Å². The lowest BCUT2D eigenvalue weighted by atomic mass is 10.2. The highest BCUT2D eigenvalue weighted by Crippen LogP contribution is 2.30. The van der Waals surface area contributed by atoms with Gasteiger partial charge in [-0.15, -0.1) is 11.6 Å². The first-order valence-corrected chi connectivity index (χ1v) is 6.66. The quantitative estimate of drug-likeness (QED) is 0.690. The van der Waals surface area contributed by atoms with Gasteiger partial charge >= 0.3 is 0 Å². The van der Waals surface area contributed by atoms with Crippen LogP contribution in [0.15, 0.2) is 42.6 Å². The zero-order valence-electron chi connectivity index (χ0n) is 10.8. The predicted octanol–water partition coefficient (Wildman–Crippen LogP) is 3.88. The number of aromatic nitrogens is 2. The van der Waals surface area contributed by atoms with E-state index in [2.05, 4.69) is 4.98 Å². The van der Waals surface area contributed by atoms with Crippen molar-refractivity contribution in [2.75, 3.05) is 0 Å². The molecule has 104 valence electrons. The van der Waals surface area contributed by atoms with E-state index in [9.17, 15) is 4.39 Å². The van der Waals surface area contributed by atoms with Gasteiger partial charge in [0.2, 0.25) is 5.88 Å². The molecule has 0 bridgehead atoms. The van der Waals surface area contributed by atoms with Gasteiger partial charge in [-0.1, -0.05) is 12.1 Å². The Bertz CT molecular complexity index is 854. The highest BCUT2D eigenvalue weighted by Gasteiger charge is 2.16. The third-order valence-electron chi connectivity index (χ3n) is 3.01. The van der Waals surface area contributed by atoms with Crippen LogP contribution in [0.1, 0.15) is 11.3 Å². The normalized spacial score (nSPS) is 10.5. The summed E-state index contributed by atoms with van der Waals surface area (Å²) in [7, 11) is 0. The van der Waals surface area contributed by atoms with Crippen LogP contribution < -0.4 is 4.74 Å². The van der Waals surface area contributed by atoms with Crippen LogP contribution in [0.3, 0.4) is 0 Å². The lowest BCUT2D eigenvalue weighted by Crippen LogP contribution is -1.95. The van der Waals surface area contributed by atoms with Gasteiger partial charge in [0, 0.05) is 6.20 Å². The Kier molecular flexibility index (Phi) is 3.46. The molecule has 0 unspecified atom stereocenters. The van der Waals surface area contributed by atoms with Crippen LogP contribution in [0, 0.1) is 17.1 Å². The number of hydrogen-bond donors (Lipinski definition) is 0. The average molecular weight is 302 g/mol. The van der Waals surface area contributed by atoms with Gasteiger partial charge in [0.1, 0.15) is 34.5 Å². The summed E-state index contributed by atoms with van der Waals surface area (Å²) in [6.07, 6.45) is 1.81. The molecule has 0 spiro atoms. The Balaban J connectivity index is 2.11. The van der Waals surface area contributed by atoms with E-state index in [0.29, 0.717) is 11.3 Å². The smallest absolute Gasteiger partial charge is 0.242 e. The minimum atomic E-state index is -0.633. The van der Waals surface area contributed by atoms with E-state index < -0.39 is 5.82 Å². The van der Waals surface area contributed by atoms with E-state index in [1.165, 1.54) is 18.2 Å². The molecule has 0 saturated carbocycles. The first-order valence-electron chi connectivity index (χ1n) is 6.13. The van der Waals surface area contributed by atoms with Crippen molar-refractivity contribution in [3.05, 3.63) is 59.7 Å². The standard InChI is InChI=1S/C15H9ClFN3O/c16-8-12-15(19-14-6-1-2-7-20(12)14)21-13-5-3-4-11(17)10(13)9-18/h1-7H,8H2. The van der Waals surface area contributed by atoms with Gasteiger partial charge in [-0.25, -0.2) is 4.39 Å². The molecule has 6 heteroatoms. The van der Waals surface area contributed by atoms with E-state index in [4.69, 9.17) is 21.6 Å². The third-order valence-corrected chi connectivity index (χ3v) is 3.27. The van der Waals surface area contributed by atoms with Gasteiger partial charge in [0.05, 0.1) is 5.88 Å². The van der Waals surface area contributed by atoms with Crippen molar-refractivity contribution >= 4 is 17.2 Å². The van der Waals surface area contributed by atoms with E-state index >= 15 is 0 Å². The summed E-state index contributed by atoms with van der Waals surface area (Å²) < 4.78 is 21.0. The first kappa shape index (κ1) is 13.4. The molecule has 2 aromatic heterocycles. The second-order valence-electron chi connectivity index (χ2n) is 4.25. The summed E-state index contributed by atoms with van der Waals surface area (Å²) in [5.74, 6) is -0.0747. The Labute approximate surface area is 125 Å². The summed E-state index contributed by atoms with van der Waals surface area (Å²) in [6.45, 7) is 0. The van der Waals surface area contributed by atoms with Gasteiger partial charge in [0.25, 0.3) is 0 Å². The number of nitriles is 1. The highest BCUT2D eigenvalue weighted by molar-refractivity contribution is 6.17. The van der Waals surface area contributed by atoms with Crippen molar-refractivity contribution in [1.82, 2.24) is 9.38 Å². The fraction of sp³-hybridized carbons (Fsp3) is 0.0667. The fourth-order valence-electron chi connectivity index (χ4n) is 2.03. The van der Waals surface area contributed by atoms with Crippen LogP contribution in [0.25, 0.3) is 5.65 Å². The van der Waals surface area contributed by atoms with Gasteiger partial charge < -0.3 is 4.74 Å². The third kappa shape index (κ3) is 2.30. The van der Waals surface area contributed by atoms with E-state index in [1.807, 2.05) is 18.3 Å². The van der Waals surface area contributed by atoms with Crippen LogP contribution in [0.2, 0.25) is 0 Å². The Morgan fingerprint density at radius 3 is 2.90 bits per heavy atom. The molecule has 0 saturated heterocycles. The van der Waals surface area contributed by atoms with Crippen molar-refractivity contribution < 1.29 is 9.13 Å². The second-order valence-corrected chi connectivity index (χ2v) is 4.52. The Morgan fingerprint density at radius 2 is 2.14 bits per heavy atom. The number of ether oxygens (including phenoxy) is 1. The average Bonchev–Trinajstić information content (AvgIpc) is 2.84. The second kappa shape index (κ2) is 5.43. The fourth-order valence-corrected chi connectivity index (χ4v) is 2.27. The van der Waals surface area contributed by atoms with E-state index in [0.717, 1.165) is 0 Å². The van der Waals surface area contributed by atoms with Gasteiger partial charge in [-0.3, -0.25) is 4.40 Å². The van der Waals surface area contributed by atoms with Crippen LogP contribution in [-0.4, -0.2) is 9.38 Å². The molecule has 2 heterocycles. The molecule has 0 aliphatic heterocycles. The summed E-state index contributed by atoms with van der Waals surface area (Å²) in [5, 5.41) is 9.02. The summed E-state index contributed by atoms with van der Waals surface area (Å²) >= 11 is 5.94. The Hall–Kier alpha value is -2.58. The number of rotatable bonds is 3. The number of hydrogen-bond acceptors (Lipinski definition) is 3. The number of nitrogens with zero attached hydrogens (tertiary/aromatic N) is 3. The first-order chi connectivity index (χ1) is 10.2. The minimum absolute atomic E-state index is 0.118. The molecule has 3 aromatic rings. The highest BCUT2D eigenvalue weighted by atomic mass is 35.5. The Morgan fingerprint density at radius 1 is 1.29 bits per heavy atom. The molecule has 1 aromatic carbocycles. The number of pyridine rings is 1. The molecule has 0 atom stereocenters. The van der Waals surface area contributed by atoms with Crippen molar-refractivity contribution in [1.29, 1.82) is 5.26 Å². The van der Waals surface area contributed by atoms with Crippen LogP contribution in [0.4, 0.5) is 4.39 Å². The van der Waals surface area contributed by atoms with Crippen molar-refractivity contribution in [3.8, 4) is 17.7 Å². The van der Waals surface area contributed by atoms with E-state index in [1.54, 1.807) is 16.5 Å². The summed E-state index contributed by atoms with van der Waals surface area (Å²) in [4.78, 5) is 4.31. The van der Waals surface area contributed by atoms with Crippen LogP contribution >= 0.6 is 11.6 Å². The maximum atomic E-state index is 13.6. The number of alkyl halides is 1. The van der Waals surface area contributed by atoms with E-state index in [-0.39, 0.29) is 23.1 Å². The summed E-state index contributed by atoms with van der Waals surface area (Å²) in [5.41, 5.74) is 1.15. The maximum Gasteiger partial charge on any atom is 0.242 e. The van der Waals surface area contributed by atoms with Gasteiger partial charge in [-0.2, -0.15) is 10.2 Å². The molecule has 4 nitrogen and oxygen atoms in total. The monoisotopic (exact) mass is 301 g/mol. The predicted molar refractivity (Wildman–Crippen MR) is 75.9 cm³/mol. The molecule has 3 rings (SSSR count). The minimum Gasteiger partial charge on any atom is -0.436 e. The number of fused-ring (bicyclic) bond motifs is 1. The molecule has 0 aliphatic carbocycles. The van der Waals surface area contributed by atoms with Crippen LogP contribution in [-0.2, 0) is 5.88 Å². The van der Waals surface area contributed by atoms with Crippen LogP contribution in [0.5, 0.6) is 11.6 Å².